The lowest BCUT2D eigenvalue weighted by molar-refractivity contribution is 0.000984. The maximum atomic E-state index is 14.0. The highest BCUT2D eigenvalue weighted by Crippen LogP contribution is 2.45. The largest absolute Gasteiger partial charge is 0.477 e. The van der Waals surface area contributed by atoms with Crippen LogP contribution in [-0.2, 0) is 12.3 Å². The molecule has 0 spiro atoms. The number of allylic oxidation sites excluding steroid dienone is 2. The zero-order valence-electron chi connectivity index (χ0n) is 10.2. The topological polar surface area (TPSA) is 59.3 Å². The third-order valence-electron chi connectivity index (χ3n) is 3.58. The second-order valence-corrected chi connectivity index (χ2v) is 4.97. The van der Waals surface area contributed by atoms with Crippen molar-refractivity contribution in [2.75, 3.05) is 0 Å². The van der Waals surface area contributed by atoms with Crippen LogP contribution in [-0.4, -0.2) is 15.6 Å². The molecule has 0 atom stereocenters. The van der Waals surface area contributed by atoms with Crippen LogP contribution >= 0.6 is 0 Å². The van der Waals surface area contributed by atoms with Gasteiger partial charge in [0.2, 0.25) is 0 Å². The molecule has 0 unspecified atom stereocenters. The maximum Gasteiger partial charge on any atom is 0.341 e. The lowest BCUT2D eigenvalue weighted by atomic mass is 9.95. The maximum absolute atomic E-state index is 14.0. The summed E-state index contributed by atoms with van der Waals surface area (Å²) in [6.45, 7) is 0. The van der Waals surface area contributed by atoms with Crippen molar-refractivity contribution in [3.8, 4) is 0 Å². The summed E-state index contributed by atoms with van der Waals surface area (Å²) in [5.74, 6) is -6.95. The molecule has 0 amide bonds. The van der Waals surface area contributed by atoms with E-state index in [0.29, 0.717) is 18.9 Å². The molecule has 20 heavy (non-hydrogen) atoms. The Morgan fingerprint density at radius 2 is 2.05 bits per heavy atom. The van der Waals surface area contributed by atoms with E-state index in [0.717, 1.165) is 10.8 Å². The summed E-state index contributed by atoms with van der Waals surface area (Å²) in [6.07, 6.45) is 2.44. The van der Waals surface area contributed by atoms with Crippen molar-refractivity contribution in [3.63, 3.8) is 0 Å². The van der Waals surface area contributed by atoms with Crippen LogP contribution in [0.4, 0.5) is 13.2 Å². The number of hydrogen-bond donors (Lipinski definition) is 1. The van der Waals surface area contributed by atoms with Gasteiger partial charge in [-0.3, -0.25) is 4.79 Å². The first-order chi connectivity index (χ1) is 9.34. The highest BCUT2D eigenvalue weighted by atomic mass is 19.3. The Morgan fingerprint density at radius 1 is 1.40 bits per heavy atom. The molecule has 3 rings (SSSR count). The highest BCUT2D eigenvalue weighted by Gasteiger charge is 2.47. The Morgan fingerprint density at radius 3 is 2.60 bits per heavy atom. The lowest BCUT2D eigenvalue weighted by Gasteiger charge is -2.26. The van der Waals surface area contributed by atoms with Gasteiger partial charge in [0.25, 0.3) is 0 Å². The molecule has 1 heterocycles. The number of carboxylic acids is 1. The molecule has 0 aromatic carbocycles. The van der Waals surface area contributed by atoms with Crippen molar-refractivity contribution < 1.29 is 23.1 Å². The van der Waals surface area contributed by atoms with Crippen LogP contribution in [0.15, 0.2) is 22.9 Å². The van der Waals surface area contributed by atoms with Crippen LogP contribution < -0.4 is 5.43 Å². The summed E-state index contributed by atoms with van der Waals surface area (Å²) in [7, 11) is 0. The lowest BCUT2D eigenvalue weighted by Crippen LogP contribution is -2.34. The van der Waals surface area contributed by atoms with Crippen LogP contribution in [0.3, 0.4) is 0 Å². The number of pyridine rings is 1. The fourth-order valence-electron chi connectivity index (χ4n) is 2.46. The normalized spacial score (nSPS) is 20.2. The Hall–Kier alpha value is -2.05. The molecule has 1 aromatic rings. The first-order valence-electron chi connectivity index (χ1n) is 6.09. The SMILES string of the molecule is O=C(O)c1cn(C2CC2)c2c(c1=O)CC=C(F)C2(F)F. The molecule has 1 saturated carbocycles. The van der Waals surface area contributed by atoms with Crippen molar-refractivity contribution in [1.29, 1.82) is 0 Å². The van der Waals surface area contributed by atoms with E-state index in [1.165, 1.54) is 0 Å². The molecule has 1 aromatic heterocycles. The van der Waals surface area contributed by atoms with Crippen LogP contribution in [0, 0.1) is 0 Å². The van der Waals surface area contributed by atoms with Gasteiger partial charge in [-0.25, -0.2) is 9.18 Å². The minimum Gasteiger partial charge on any atom is -0.477 e. The summed E-state index contributed by atoms with van der Waals surface area (Å²) in [4.78, 5) is 23.0. The monoisotopic (exact) mass is 285 g/mol. The second-order valence-electron chi connectivity index (χ2n) is 4.97. The van der Waals surface area contributed by atoms with Gasteiger partial charge >= 0.3 is 11.9 Å². The number of nitrogens with zero attached hydrogens (tertiary/aromatic N) is 1. The third kappa shape index (κ3) is 1.69. The van der Waals surface area contributed by atoms with E-state index in [1.807, 2.05) is 0 Å². The van der Waals surface area contributed by atoms with Gasteiger partial charge in [-0.15, -0.1) is 0 Å². The minimum absolute atomic E-state index is 0.292. The van der Waals surface area contributed by atoms with E-state index in [9.17, 15) is 22.8 Å². The Kier molecular flexibility index (Phi) is 2.57. The van der Waals surface area contributed by atoms with Crippen molar-refractivity contribution in [3.05, 3.63) is 45.1 Å². The zero-order valence-corrected chi connectivity index (χ0v) is 10.2. The van der Waals surface area contributed by atoms with Crippen LogP contribution in [0.1, 0.15) is 40.5 Å². The van der Waals surface area contributed by atoms with Crippen molar-refractivity contribution in [2.45, 2.75) is 31.2 Å². The molecule has 4 nitrogen and oxygen atoms in total. The molecular formula is C13H10F3NO3. The van der Waals surface area contributed by atoms with E-state index in [2.05, 4.69) is 0 Å². The van der Waals surface area contributed by atoms with Gasteiger partial charge < -0.3 is 9.67 Å². The molecule has 2 aliphatic rings. The summed E-state index contributed by atoms with van der Waals surface area (Å²) in [5.41, 5.74) is -2.55. The van der Waals surface area contributed by atoms with E-state index in [1.54, 1.807) is 0 Å². The van der Waals surface area contributed by atoms with Crippen molar-refractivity contribution in [2.24, 2.45) is 0 Å². The van der Waals surface area contributed by atoms with Gasteiger partial charge in [0.1, 0.15) is 11.3 Å². The van der Waals surface area contributed by atoms with E-state index in [4.69, 9.17) is 5.11 Å². The molecule has 1 N–H and O–H groups in total. The molecule has 106 valence electrons. The number of halogens is 3. The smallest absolute Gasteiger partial charge is 0.341 e. The van der Waals surface area contributed by atoms with Gasteiger partial charge in [0.15, 0.2) is 11.3 Å². The predicted molar refractivity (Wildman–Crippen MR) is 62.7 cm³/mol. The van der Waals surface area contributed by atoms with Gasteiger partial charge in [-0.05, 0) is 25.3 Å². The molecular weight excluding hydrogens is 275 g/mol. The number of alkyl halides is 2. The molecule has 7 heteroatoms. The van der Waals surface area contributed by atoms with Gasteiger partial charge in [0, 0.05) is 17.8 Å². The zero-order chi connectivity index (χ0) is 14.7. The summed E-state index contributed by atoms with van der Waals surface area (Å²) in [5, 5.41) is 8.99. The van der Waals surface area contributed by atoms with Gasteiger partial charge in [-0.1, -0.05) is 0 Å². The summed E-state index contributed by atoms with van der Waals surface area (Å²) < 4.78 is 42.4. The Bertz CT molecular complexity index is 702. The quantitative estimate of drug-likeness (QED) is 0.907. The van der Waals surface area contributed by atoms with Crippen LogP contribution in [0.2, 0.25) is 0 Å². The number of hydrogen-bond acceptors (Lipinski definition) is 2. The minimum atomic E-state index is -3.88. The number of carboxylic acid groups (broad SMARTS) is 1. The average Bonchev–Trinajstić information content (AvgIpc) is 3.18. The number of carbonyl (C=O) groups is 1. The van der Waals surface area contributed by atoms with Crippen LogP contribution in [0.25, 0.3) is 0 Å². The summed E-state index contributed by atoms with van der Waals surface area (Å²) in [6, 6.07) is -0.292. The fourth-order valence-corrected chi connectivity index (χ4v) is 2.46. The van der Waals surface area contributed by atoms with Crippen molar-refractivity contribution >= 4 is 5.97 Å². The number of rotatable bonds is 2. The van der Waals surface area contributed by atoms with E-state index < -0.39 is 34.4 Å². The molecule has 0 aliphatic heterocycles. The molecule has 1 fully saturated rings. The average molecular weight is 285 g/mol. The van der Waals surface area contributed by atoms with Gasteiger partial charge in [-0.2, -0.15) is 8.78 Å². The van der Waals surface area contributed by atoms with E-state index in [-0.39, 0.29) is 18.0 Å². The van der Waals surface area contributed by atoms with Crippen LogP contribution in [0.5, 0.6) is 0 Å². The van der Waals surface area contributed by atoms with E-state index >= 15 is 0 Å². The van der Waals surface area contributed by atoms with Gasteiger partial charge in [0.05, 0.1) is 0 Å². The third-order valence-corrected chi connectivity index (χ3v) is 3.58. The number of aromatic nitrogens is 1. The molecule has 0 saturated heterocycles. The molecule has 2 aliphatic carbocycles. The second kappa shape index (κ2) is 3.97. The first kappa shape index (κ1) is 13.0. The molecule has 0 bridgehead atoms. The summed E-state index contributed by atoms with van der Waals surface area (Å²) >= 11 is 0. The Labute approximate surface area is 111 Å². The number of fused-ring (bicyclic) bond motifs is 1. The number of aromatic carboxylic acids is 1. The highest BCUT2D eigenvalue weighted by molar-refractivity contribution is 5.87. The first-order valence-corrected chi connectivity index (χ1v) is 6.09. The molecule has 0 radical (unpaired) electrons. The Balaban J connectivity index is 2.35. The fraction of sp³-hybridized carbons (Fsp3) is 0.385. The van der Waals surface area contributed by atoms with Crippen molar-refractivity contribution in [1.82, 2.24) is 4.57 Å². The predicted octanol–water partition coefficient (Wildman–Crippen LogP) is 2.38. The standard InChI is InChI=1S/C13H10F3NO3/c14-9-4-3-7-10(18)8(12(19)20)5-17(6-1-2-6)11(7)13(9,15)16/h4-6H,1-3H2,(H,19,20).